The first-order chi connectivity index (χ1) is 8.58. The summed E-state index contributed by atoms with van der Waals surface area (Å²) in [5, 5.41) is 3.66. The maximum absolute atomic E-state index is 13.1. The molecular weight excluding hydrogens is 225 g/mol. The Morgan fingerprint density at radius 3 is 2.89 bits per heavy atom. The highest BCUT2D eigenvalue weighted by Gasteiger charge is 2.31. The zero-order valence-electron chi connectivity index (χ0n) is 11.5. The standard InChI is InChI=1S/C16H24FN/c1-16(2)10-4-3-8-15(16)18-11-9-13-6-5-7-14(17)12-13/h5-7,12,15,18H,3-4,8-11H2,1-2H3. The zero-order valence-corrected chi connectivity index (χ0v) is 11.5. The SMILES string of the molecule is CC1(C)CCCCC1NCCc1cccc(F)c1. The number of hydrogen-bond acceptors (Lipinski definition) is 1. The Morgan fingerprint density at radius 1 is 1.33 bits per heavy atom. The van der Waals surface area contributed by atoms with E-state index in [1.54, 1.807) is 12.1 Å². The van der Waals surface area contributed by atoms with Crippen molar-refractivity contribution in [3.63, 3.8) is 0 Å². The maximum atomic E-state index is 13.1. The highest BCUT2D eigenvalue weighted by Crippen LogP contribution is 2.35. The van der Waals surface area contributed by atoms with Gasteiger partial charge < -0.3 is 5.32 Å². The van der Waals surface area contributed by atoms with Gasteiger partial charge in [0, 0.05) is 6.04 Å². The second-order valence-electron chi connectivity index (χ2n) is 6.12. The van der Waals surface area contributed by atoms with Gasteiger partial charge in [0.15, 0.2) is 0 Å². The van der Waals surface area contributed by atoms with Crippen LogP contribution in [0.1, 0.15) is 45.1 Å². The lowest BCUT2D eigenvalue weighted by atomic mass is 9.73. The molecule has 0 amide bonds. The van der Waals surface area contributed by atoms with Gasteiger partial charge in [0.25, 0.3) is 0 Å². The molecule has 0 heterocycles. The molecule has 1 aliphatic carbocycles. The molecule has 0 aliphatic heterocycles. The molecule has 1 saturated carbocycles. The molecule has 1 fully saturated rings. The average molecular weight is 249 g/mol. The second kappa shape index (κ2) is 5.83. The van der Waals surface area contributed by atoms with E-state index in [1.807, 2.05) is 6.07 Å². The van der Waals surface area contributed by atoms with Crippen molar-refractivity contribution >= 4 is 0 Å². The summed E-state index contributed by atoms with van der Waals surface area (Å²) in [6.07, 6.45) is 6.18. The van der Waals surface area contributed by atoms with E-state index in [0.29, 0.717) is 11.5 Å². The molecule has 0 bridgehead atoms. The minimum atomic E-state index is -0.134. The minimum absolute atomic E-state index is 0.134. The van der Waals surface area contributed by atoms with Crippen molar-refractivity contribution in [2.24, 2.45) is 5.41 Å². The molecule has 0 saturated heterocycles. The first kappa shape index (κ1) is 13.5. The molecule has 2 rings (SSSR count). The summed E-state index contributed by atoms with van der Waals surface area (Å²) in [6.45, 7) is 5.65. The Morgan fingerprint density at radius 2 is 2.17 bits per heavy atom. The van der Waals surface area contributed by atoms with Gasteiger partial charge in [-0.15, -0.1) is 0 Å². The van der Waals surface area contributed by atoms with Gasteiger partial charge in [0.05, 0.1) is 0 Å². The molecule has 0 aromatic heterocycles. The van der Waals surface area contributed by atoms with Gasteiger partial charge in [-0.1, -0.05) is 38.8 Å². The predicted molar refractivity (Wildman–Crippen MR) is 74.1 cm³/mol. The first-order valence-electron chi connectivity index (χ1n) is 7.06. The van der Waals surface area contributed by atoms with Crippen LogP contribution in [0.2, 0.25) is 0 Å². The molecule has 0 spiro atoms. The quantitative estimate of drug-likeness (QED) is 0.852. The van der Waals surface area contributed by atoms with E-state index >= 15 is 0 Å². The van der Waals surface area contributed by atoms with E-state index in [0.717, 1.165) is 18.5 Å². The highest BCUT2D eigenvalue weighted by molar-refractivity contribution is 5.16. The second-order valence-corrected chi connectivity index (χ2v) is 6.12. The molecule has 1 N–H and O–H groups in total. The molecular formula is C16H24FN. The summed E-state index contributed by atoms with van der Waals surface area (Å²) in [5.41, 5.74) is 1.48. The predicted octanol–water partition coefficient (Wildman–Crippen LogP) is 3.93. The summed E-state index contributed by atoms with van der Waals surface area (Å²) < 4.78 is 13.1. The molecule has 1 aromatic rings. The van der Waals surface area contributed by atoms with Crippen LogP contribution in [0.5, 0.6) is 0 Å². The van der Waals surface area contributed by atoms with E-state index in [2.05, 4.69) is 19.2 Å². The Hall–Kier alpha value is -0.890. The van der Waals surface area contributed by atoms with Crippen molar-refractivity contribution in [1.29, 1.82) is 0 Å². The Labute approximate surface area is 110 Å². The van der Waals surface area contributed by atoms with Crippen molar-refractivity contribution in [2.75, 3.05) is 6.54 Å². The number of rotatable bonds is 4. The molecule has 1 aliphatic rings. The number of nitrogens with one attached hydrogen (secondary N) is 1. The lowest BCUT2D eigenvalue weighted by Crippen LogP contribution is -2.44. The van der Waals surface area contributed by atoms with Crippen LogP contribution < -0.4 is 5.32 Å². The molecule has 100 valence electrons. The van der Waals surface area contributed by atoms with Crippen LogP contribution in [-0.2, 0) is 6.42 Å². The van der Waals surface area contributed by atoms with Gasteiger partial charge in [-0.05, 0) is 48.9 Å². The Bertz CT molecular complexity index is 386. The molecule has 1 aromatic carbocycles. The highest BCUT2D eigenvalue weighted by atomic mass is 19.1. The van der Waals surface area contributed by atoms with Crippen LogP contribution in [0.4, 0.5) is 4.39 Å². The summed E-state index contributed by atoms with van der Waals surface area (Å²) in [6, 6.07) is 7.53. The van der Waals surface area contributed by atoms with Gasteiger partial charge in [0.2, 0.25) is 0 Å². The van der Waals surface area contributed by atoms with Crippen LogP contribution in [0.3, 0.4) is 0 Å². The normalized spacial score (nSPS) is 22.9. The van der Waals surface area contributed by atoms with Gasteiger partial charge in [-0.2, -0.15) is 0 Å². The van der Waals surface area contributed by atoms with Crippen molar-refractivity contribution in [3.8, 4) is 0 Å². The lowest BCUT2D eigenvalue weighted by molar-refractivity contribution is 0.169. The van der Waals surface area contributed by atoms with Crippen LogP contribution in [0.15, 0.2) is 24.3 Å². The van der Waals surface area contributed by atoms with Crippen molar-refractivity contribution in [3.05, 3.63) is 35.6 Å². The van der Waals surface area contributed by atoms with Gasteiger partial charge in [-0.3, -0.25) is 0 Å². The monoisotopic (exact) mass is 249 g/mol. The third-order valence-electron chi connectivity index (χ3n) is 4.20. The van der Waals surface area contributed by atoms with E-state index in [9.17, 15) is 4.39 Å². The Balaban J connectivity index is 1.81. The lowest BCUT2D eigenvalue weighted by Gasteiger charge is -2.39. The minimum Gasteiger partial charge on any atom is -0.313 e. The van der Waals surface area contributed by atoms with Crippen LogP contribution in [0, 0.1) is 11.2 Å². The van der Waals surface area contributed by atoms with E-state index in [-0.39, 0.29) is 5.82 Å². The van der Waals surface area contributed by atoms with Crippen molar-refractivity contribution in [1.82, 2.24) is 5.32 Å². The van der Waals surface area contributed by atoms with Crippen LogP contribution in [0.25, 0.3) is 0 Å². The van der Waals surface area contributed by atoms with Crippen molar-refractivity contribution in [2.45, 2.75) is 52.0 Å². The fourth-order valence-corrected chi connectivity index (χ4v) is 2.96. The molecule has 0 radical (unpaired) electrons. The summed E-state index contributed by atoms with van der Waals surface area (Å²) >= 11 is 0. The van der Waals surface area contributed by atoms with E-state index in [4.69, 9.17) is 0 Å². The summed E-state index contributed by atoms with van der Waals surface area (Å²) in [7, 11) is 0. The fourth-order valence-electron chi connectivity index (χ4n) is 2.96. The van der Waals surface area contributed by atoms with Crippen LogP contribution >= 0.6 is 0 Å². The molecule has 2 heteroatoms. The average Bonchev–Trinajstić information content (AvgIpc) is 2.31. The Kier molecular flexibility index (Phi) is 4.39. The maximum Gasteiger partial charge on any atom is 0.123 e. The molecule has 1 atom stereocenters. The van der Waals surface area contributed by atoms with Crippen molar-refractivity contribution < 1.29 is 4.39 Å². The number of halogens is 1. The topological polar surface area (TPSA) is 12.0 Å². The molecule has 18 heavy (non-hydrogen) atoms. The number of hydrogen-bond donors (Lipinski definition) is 1. The van der Waals surface area contributed by atoms with E-state index < -0.39 is 0 Å². The number of benzene rings is 1. The third kappa shape index (κ3) is 3.55. The first-order valence-corrected chi connectivity index (χ1v) is 7.06. The molecule has 1 nitrogen and oxygen atoms in total. The third-order valence-corrected chi connectivity index (χ3v) is 4.20. The van der Waals surface area contributed by atoms with Gasteiger partial charge in [-0.25, -0.2) is 4.39 Å². The molecule has 1 unspecified atom stereocenters. The smallest absolute Gasteiger partial charge is 0.123 e. The van der Waals surface area contributed by atoms with E-state index in [1.165, 1.54) is 31.7 Å². The summed E-state index contributed by atoms with van der Waals surface area (Å²) in [5.74, 6) is -0.134. The summed E-state index contributed by atoms with van der Waals surface area (Å²) in [4.78, 5) is 0. The fraction of sp³-hybridized carbons (Fsp3) is 0.625. The van der Waals surface area contributed by atoms with Gasteiger partial charge in [0.1, 0.15) is 5.82 Å². The largest absolute Gasteiger partial charge is 0.313 e. The van der Waals surface area contributed by atoms with Crippen LogP contribution in [-0.4, -0.2) is 12.6 Å². The zero-order chi connectivity index (χ0) is 13.0. The van der Waals surface area contributed by atoms with Gasteiger partial charge >= 0.3 is 0 Å².